The number of likely N-dealkylation sites (tertiary alicyclic amines) is 1. The fourth-order valence-electron chi connectivity index (χ4n) is 3.59. The summed E-state index contributed by atoms with van der Waals surface area (Å²) in [6.45, 7) is 7.49. The number of hydrazone groups is 1. The number of ether oxygens (including phenoxy) is 1. The number of nitro groups is 1. The molecule has 0 radical (unpaired) electrons. The summed E-state index contributed by atoms with van der Waals surface area (Å²) in [5, 5.41) is 15.8. The summed E-state index contributed by atoms with van der Waals surface area (Å²) in [5.74, 6) is 0.601. The Labute approximate surface area is 141 Å². The first kappa shape index (κ1) is 16.7. The zero-order valence-electron chi connectivity index (χ0n) is 14.2. The molecule has 1 aromatic rings. The average Bonchev–Trinajstić information content (AvgIpc) is 2.99. The Morgan fingerprint density at radius 2 is 2.29 bits per heavy atom. The molecule has 130 valence electrons. The van der Waals surface area contributed by atoms with Gasteiger partial charge in [-0.3, -0.25) is 10.1 Å². The molecule has 2 aliphatic heterocycles. The van der Waals surface area contributed by atoms with E-state index >= 15 is 0 Å². The number of hydrogen-bond acceptors (Lipinski definition) is 6. The van der Waals surface area contributed by atoms with E-state index in [0.717, 1.165) is 38.0 Å². The Bertz CT molecular complexity index is 647. The third-order valence-electron chi connectivity index (χ3n) is 4.70. The maximum Gasteiger partial charge on any atom is 0.311 e. The van der Waals surface area contributed by atoms with Crippen LogP contribution in [0.1, 0.15) is 38.3 Å². The van der Waals surface area contributed by atoms with Crippen LogP contribution < -0.4 is 10.2 Å². The van der Waals surface area contributed by atoms with E-state index in [1.165, 1.54) is 5.71 Å². The lowest BCUT2D eigenvalue weighted by Crippen LogP contribution is -2.42. The lowest BCUT2D eigenvalue weighted by molar-refractivity contribution is -0.385. The molecule has 0 spiro atoms. The van der Waals surface area contributed by atoms with E-state index in [4.69, 9.17) is 4.74 Å². The minimum atomic E-state index is -0.379. The van der Waals surface area contributed by atoms with E-state index < -0.39 is 0 Å². The minimum absolute atomic E-state index is 0.00553. The van der Waals surface area contributed by atoms with Crippen molar-refractivity contribution in [3.05, 3.63) is 33.9 Å². The van der Waals surface area contributed by atoms with E-state index in [1.807, 2.05) is 13.0 Å². The normalized spacial score (nSPS) is 23.3. The number of nitrogens with zero attached hydrogens (tertiary/aromatic N) is 3. The molecular formula is C17H24N4O3. The molecular weight excluding hydrogens is 308 g/mol. The van der Waals surface area contributed by atoms with Crippen LogP contribution in [0.3, 0.4) is 0 Å². The van der Waals surface area contributed by atoms with Gasteiger partial charge in [-0.2, -0.15) is 5.10 Å². The van der Waals surface area contributed by atoms with Crippen LogP contribution in [-0.2, 0) is 0 Å². The summed E-state index contributed by atoms with van der Waals surface area (Å²) in [4.78, 5) is 13.4. The molecule has 2 atom stereocenters. The van der Waals surface area contributed by atoms with Crippen LogP contribution in [0, 0.1) is 16.0 Å². The molecule has 1 N–H and O–H groups in total. The van der Waals surface area contributed by atoms with E-state index in [9.17, 15) is 10.1 Å². The van der Waals surface area contributed by atoms with Gasteiger partial charge in [-0.05, 0) is 31.5 Å². The highest BCUT2D eigenvalue weighted by Gasteiger charge is 2.37. The molecule has 0 aromatic heterocycles. The Hall–Kier alpha value is -2.15. The van der Waals surface area contributed by atoms with Gasteiger partial charge in [-0.1, -0.05) is 13.0 Å². The van der Waals surface area contributed by atoms with Gasteiger partial charge >= 0.3 is 5.69 Å². The molecule has 0 bridgehead atoms. The highest BCUT2D eigenvalue weighted by atomic mass is 16.6. The predicted molar refractivity (Wildman–Crippen MR) is 92.4 cm³/mol. The Balaban J connectivity index is 1.84. The summed E-state index contributed by atoms with van der Waals surface area (Å²) in [6.07, 6.45) is 2.10. The lowest BCUT2D eigenvalue weighted by Gasteiger charge is -2.33. The highest BCUT2D eigenvalue weighted by molar-refractivity contribution is 5.90. The van der Waals surface area contributed by atoms with Crippen molar-refractivity contribution in [1.29, 1.82) is 0 Å². The van der Waals surface area contributed by atoms with Crippen molar-refractivity contribution >= 4 is 11.4 Å². The summed E-state index contributed by atoms with van der Waals surface area (Å²) in [6, 6.07) is 5.23. The molecule has 1 fully saturated rings. The zero-order valence-corrected chi connectivity index (χ0v) is 14.2. The van der Waals surface area contributed by atoms with E-state index in [1.54, 1.807) is 12.1 Å². The summed E-state index contributed by atoms with van der Waals surface area (Å²) < 4.78 is 5.37. The SMILES string of the molecule is CCCN1CCC2=NNC(c3ccc(OCC)c([N+](=O)[O-])c3)C2C1. The second-order valence-electron chi connectivity index (χ2n) is 6.28. The average molecular weight is 332 g/mol. The van der Waals surface area contributed by atoms with Gasteiger partial charge in [0.1, 0.15) is 0 Å². The number of nitro benzene ring substituents is 1. The first-order valence-corrected chi connectivity index (χ1v) is 8.59. The number of nitrogens with one attached hydrogen (secondary N) is 1. The maximum atomic E-state index is 11.4. The quantitative estimate of drug-likeness (QED) is 0.640. The van der Waals surface area contributed by atoms with Gasteiger partial charge in [-0.15, -0.1) is 0 Å². The maximum absolute atomic E-state index is 11.4. The molecule has 7 nitrogen and oxygen atoms in total. The lowest BCUT2D eigenvalue weighted by atomic mass is 9.86. The topological polar surface area (TPSA) is 80.0 Å². The molecule has 24 heavy (non-hydrogen) atoms. The van der Waals surface area contributed by atoms with E-state index in [0.29, 0.717) is 12.4 Å². The smallest absolute Gasteiger partial charge is 0.311 e. The largest absolute Gasteiger partial charge is 0.487 e. The number of fused-ring (bicyclic) bond motifs is 1. The van der Waals surface area contributed by atoms with Gasteiger partial charge in [0.2, 0.25) is 0 Å². The fraction of sp³-hybridized carbons (Fsp3) is 0.588. The van der Waals surface area contributed by atoms with Crippen molar-refractivity contribution in [1.82, 2.24) is 10.3 Å². The third kappa shape index (κ3) is 3.21. The van der Waals surface area contributed by atoms with Crippen LogP contribution in [-0.4, -0.2) is 41.8 Å². The van der Waals surface area contributed by atoms with Crippen LogP contribution in [0.5, 0.6) is 5.75 Å². The van der Waals surface area contributed by atoms with Crippen molar-refractivity contribution in [2.45, 2.75) is 32.7 Å². The van der Waals surface area contributed by atoms with Gasteiger partial charge in [0, 0.05) is 37.2 Å². The van der Waals surface area contributed by atoms with Crippen molar-refractivity contribution in [3.8, 4) is 5.75 Å². The monoisotopic (exact) mass is 332 g/mol. The van der Waals surface area contributed by atoms with Crippen LogP contribution in [0.2, 0.25) is 0 Å². The van der Waals surface area contributed by atoms with E-state index in [2.05, 4.69) is 22.4 Å². The van der Waals surface area contributed by atoms with Crippen molar-refractivity contribution < 1.29 is 9.66 Å². The summed E-state index contributed by atoms with van der Waals surface area (Å²) in [7, 11) is 0. The van der Waals surface area contributed by atoms with Gasteiger partial charge in [0.25, 0.3) is 0 Å². The number of rotatable bonds is 6. The molecule has 7 heteroatoms. The first-order chi connectivity index (χ1) is 11.6. The third-order valence-corrected chi connectivity index (χ3v) is 4.70. The van der Waals surface area contributed by atoms with Crippen LogP contribution in [0.4, 0.5) is 5.69 Å². The minimum Gasteiger partial charge on any atom is -0.487 e. The van der Waals surface area contributed by atoms with Crippen LogP contribution in [0.25, 0.3) is 0 Å². The zero-order chi connectivity index (χ0) is 17.1. The van der Waals surface area contributed by atoms with Gasteiger partial charge in [0.15, 0.2) is 5.75 Å². The first-order valence-electron chi connectivity index (χ1n) is 8.59. The standard InChI is InChI=1S/C17H24N4O3/c1-3-8-20-9-7-14-13(11-20)17(19-18-14)12-5-6-16(24-4-2)15(10-12)21(22)23/h5-6,10,13,17,19H,3-4,7-9,11H2,1-2H3. The molecule has 1 aromatic carbocycles. The van der Waals surface area contributed by atoms with Gasteiger partial charge in [0.05, 0.1) is 17.6 Å². The van der Waals surface area contributed by atoms with Gasteiger partial charge < -0.3 is 15.1 Å². The predicted octanol–water partition coefficient (Wildman–Crippen LogP) is 2.73. The molecule has 2 aliphatic rings. The number of piperidine rings is 1. The van der Waals surface area contributed by atoms with Crippen LogP contribution in [0.15, 0.2) is 23.3 Å². The summed E-state index contributed by atoms with van der Waals surface area (Å²) in [5.41, 5.74) is 5.29. The Kier molecular flexibility index (Phi) is 4.99. The number of benzene rings is 1. The van der Waals surface area contributed by atoms with E-state index in [-0.39, 0.29) is 22.6 Å². The van der Waals surface area contributed by atoms with Crippen molar-refractivity contribution in [3.63, 3.8) is 0 Å². The van der Waals surface area contributed by atoms with Crippen LogP contribution >= 0.6 is 0 Å². The molecule has 1 saturated heterocycles. The van der Waals surface area contributed by atoms with Crippen molar-refractivity contribution in [2.75, 3.05) is 26.2 Å². The summed E-state index contributed by atoms with van der Waals surface area (Å²) >= 11 is 0. The van der Waals surface area contributed by atoms with Gasteiger partial charge in [-0.25, -0.2) is 0 Å². The molecule has 0 saturated carbocycles. The molecule has 3 rings (SSSR count). The molecule has 0 aliphatic carbocycles. The molecule has 0 amide bonds. The number of hydrogen-bond donors (Lipinski definition) is 1. The highest BCUT2D eigenvalue weighted by Crippen LogP contribution is 2.36. The Morgan fingerprint density at radius 3 is 3.00 bits per heavy atom. The second kappa shape index (κ2) is 7.17. The Morgan fingerprint density at radius 1 is 1.46 bits per heavy atom. The van der Waals surface area contributed by atoms with Crippen molar-refractivity contribution in [2.24, 2.45) is 11.0 Å². The second-order valence-corrected chi connectivity index (χ2v) is 6.28. The molecule has 2 unspecified atom stereocenters. The molecule has 2 heterocycles. The fourth-order valence-corrected chi connectivity index (χ4v) is 3.59.